The second kappa shape index (κ2) is 8.39. The van der Waals surface area contributed by atoms with Crippen molar-refractivity contribution in [1.29, 1.82) is 0 Å². The minimum Gasteiger partial charge on any atom is -0.497 e. The molecule has 0 spiro atoms. The number of H-pyrrole nitrogens is 1. The van der Waals surface area contributed by atoms with E-state index in [2.05, 4.69) is 39.2 Å². The van der Waals surface area contributed by atoms with Gasteiger partial charge < -0.3 is 15.0 Å². The van der Waals surface area contributed by atoms with Gasteiger partial charge in [0.1, 0.15) is 5.75 Å². The average Bonchev–Trinajstić information content (AvgIpc) is 2.75. The Labute approximate surface area is 170 Å². The minimum absolute atomic E-state index is 0.202. The van der Waals surface area contributed by atoms with Crippen molar-refractivity contribution in [2.75, 3.05) is 30.4 Å². The van der Waals surface area contributed by atoms with Crippen molar-refractivity contribution in [3.63, 3.8) is 0 Å². The zero-order valence-electron chi connectivity index (χ0n) is 16.8. The maximum atomic E-state index is 12.1. The van der Waals surface area contributed by atoms with E-state index in [1.807, 2.05) is 36.4 Å². The molecule has 4 rings (SSSR count). The Morgan fingerprint density at radius 3 is 2.41 bits per heavy atom. The molecule has 0 unspecified atom stereocenters. The zero-order chi connectivity index (χ0) is 20.2. The Balaban J connectivity index is 1.50. The van der Waals surface area contributed by atoms with E-state index in [-0.39, 0.29) is 5.56 Å². The summed E-state index contributed by atoms with van der Waals surface area (Å²) in [6.45, 7) is 4.53. The summed E-state index contributed by atoms with van der Waals surface area (Å²) in [6.07, 6.45) is 2.48. The van der Waals surface area contributed by atoms with Gasteiger partial charge in [-0.1, -0.05) is 6.92 Å². The molecule has 6 nitrogen and oxygen atoms in total. The second-order valence-corrected chi connectivity index (χ2v) is 7.55. The smallest absolute Gasteiger partial charge is 0.252 e. The van der Waals surface area contributed by atoms with Crippen molar-refractivity contribution in [3.8, 4) is 17.0 Å². The molecular formula is C23H26N4O2. The van der Waals surface area contributed by atoms with Crippen LogP contribution in [0.3, 0.4) is 0 Å². The Hall–Kier alpha value is -3.28. The molecular weight excluding hydrogens is 364 g/mol. The lowest BCUT2D eigenvalue weighted by Gasteiger charge is -2.32. The first-order valence-electron chi connectivity index (χ1n) is 9.98. The van der Waals surface area contributed by atoms with Crippen molar-refractivity contribution in [2.24, 2.45) is 5.92 Å². The molecule has 2 heterocycles. The van der Waals surface area contributed by atoms with Gasteiger partial charge in [0.15, 0.2) is 0 Å². The van der Waals surface area contributed by atoms with E-state index in [9.17, 15) is 4.79 Å². The molecule has 6 heteroatoms. The van der Waals surface area contributed by atoms with E-state index in [1.54, 1.807) is 7.11 Å². The van der Waals surface area contributed by atoms with Crippen LogP contribution in [0.25, 0.3) is 11.3 Å². The third kappa shape index (κ3) is 4.59. The Morgan fingerprint density at radius 1 is 1.07 bits per heavy atom. The van der Waals surface area contributed by atoms with Crippen LogP contribution in [-0.2, 0) is 0 Å². The molecule has 0 saturated carbocycles. The molecule has 1 saturated heterocycles. The van der Waals surface area contributed by atoms with Crippen LogP contribution in [0.2, 0.25) is 0 Å². The highest BCUT2D eigenvalue weighted by atomic mass is 16.5. The van der Waals surface area contributed by atoms with E-state index in [1.165, 1.54) is 24.6 Å². The molecule has 1 aliphatic heterocycles. The summed E-state index contributed by atoms with van der Waals surface area (Å²) < 4.78 is 5.19. The van der Waals surface area contributed by atoms with Crippen LogP contribution in [0.5, 0.6) is 5.75 Å². The van der Waals surface area contributed by atoms with E-state index in [4.69, 9.17) is 4.74 Å². The minimum atomic E-state index is -0.202. The van der Waals surface area contributed by atoms with Gasteiger partial charge >= 0.3 is 0 Å². The second-order valence-electron chi connectivity index (χ2n) is 7.55. The molecule has 2 N–H and O–H groups in total. The van der Waals surface area contributed by atoms with E-state index < -0.39 is 0 Å². The van der Waals surface area contributed by atoms with Crippen molar-refractivity contribution in [2.45, 2.75) is 19.8 Å². The number of hydrogen-bond donors (Lipinski definition) is 2. The van der Waals surface area contributed by atoms with Gasteiger partial charge in [0.2, 0.25) is 5.95 Å². The summed E-state index contributed by atoms with van der Waals surface area (Å²) >= 11 is 0. The molecule has 1 aromatic heterocycles. The molecule has 0 amide bonds. The van der Waals surface area contributed by atoms with E-state index in [0.717, 1.165) is 36.0 Å². The summed E-state index contributed by atoms with van der Waals surface area (Å²) in [4.78, 5) is 21.9. The number of aromatic nitrogens is 2. The highest BCUT2D eigenvalue weighted by Crippen LogP contribution is 2.25. The van der Waals surface area contributed by atoms with Crippen molar-refractivity contribution in [3.05, 3.63) is 65.0 Å². The van der Waals surface area contributed by atoms with E-state index in [0.29, 0.717) is 11.6 Å². The van der Waals surface area contributed by atoms with Crippen LogP contribution in [0.1, 0.15) is 19.8 Å². The maximum Gasteiger partial charge on any atom is 0.252 e. The molecule has 0 radical (unpaired) electrons. The molecule has 29 heavy (non-hydrogen) atoms. The summed E-state index contributed by atoms with van der Waals surface area (Å²) in [5.41, 5.74) is 3.38. The van der Waals surface area contributed by atoms with Crippen LogP contribution >= 0.6 is 0 Å². The first-order valence-corrected chi connectivity index (χ1v) is 9.98. The molecule has 1 aliphatic rings. The molecule has 0 aliphatic carbocycles. The first-order chi connectivity index (χ1) is 14.1. The van der Waals surface area contributed by atoms with Crippen molar-refractivity contribution in [1.82, 2.24) is 9.97 Å². The number of aromatic amines is 1. The van der Waals surface area contributed by atoms with Crippen molar-refractivity contribution >= 4 is 17.3 Å². The molecule has 150 valence electrons. The molecule has 0 atom stereocenters. The van der Waals surface area contributed by atoms with Gasteiger partial charge in [0, 0.05) is 36.1 Å². The largest absolute Gasteiger partial charge is 0.497 e. The van der Waals surface area contributed by atoms with Gasteiger partial charge in [-0.05, 0) is 67.3 Å². The van der Waals surface area contributed by atoms with Crippen LogP contribution in [0.4, 0.5) is 17.3 Å². The fourth-order valence-corrected chi connectivity index (χ4v) is 3.59. The number of nitrogens with zero attached hydrogens (tertiary/aromatic N) is 2. The average molecular weight is 390 g/mol. The molecule has 2 aromatic carbocycles. The van der Waals surface area contributed by atoms with Gasteiger partial charge in [0.25, 0.3) is 5.56 Å². The number of piperidine rings is 1. The predicted molar refractivity (Wildman–Crippen MR) is 117 cm³/mol. The summed E-state index contributed by atoms with van der Waals surface area (Å²) in [5, 5.41) is 3.20. The normalized spacial score (nSPS) is 14.6. The summed E-state index contributed by atoms with van der Waals surface area (Å²) in [7, 11) is 1.62. The van der Waals surface area contributed by atoms with Crippen LogP contribution in [-0.4, -0.2) is 30.2 Å². The van der Waals surface area contributed by atoms with Gasteiger partial charge in [-0.25, -0.2) is 4.98 Å². The lowest BCUT2D eigenvalue weighted by atomic mass is 9.99. The standard InChI is InChI=1S/C23H26N4O2/c1-16-11-13-27(14-12-16)19-7-5-18(6-8-19)24-23-25-21(15-22(28)26-23)17-3-9-20(29-2)10-4-17/h3-10,15-16H,11-14H2,1-2H3,(H2,24,25,26,28). The Kier molecular flexibility index (Phi) is 5.51. The predicted octanol–water partition coefficient (Wildman–Crippen LogP) is 4.43. The lowest BCUT2D eigenvalue weighted by Crippen LogP contribution is -2.32. The Bertz CT molecular complexity index is 1000. The molecule has 1 fully saturated rings. The van der Waals surface area contributed by atoms with Gasteiger partial charge in [-0.2, -0.15) is 0 Å². The number of anilines is 3. The van der Waals surface area contributed by atoms with Gasteiger partial charge in [-0.15, -0.1) is 0 Å². The monoisotopic (exact) mass is 390 g/mol. The lowest BCUT2D eigenvalue weighted by molar-refractivity contribution is 0.415. The summed E-state index contributed by atoms with van der Waals surface area (Å²) in [5.74, 6) is 2.00. The highest BCUT2D eigenvalue weighted by Gasteiger charge is 2.15. The van der Waals surface area contributed by atoms with Gasteiger partial charge in [0.05, 0.1) is 12.8 Å². The van der Waals surface area contributed by atoms with Crippen LogP contribution in [0, 0.1) is 5.92 Å². The number of nitrogens with one attached hydrogen (secondary N) is 2. The van der Waals surface area contributed by atoms with Crippen LogP contribution in [0.15, 0.2) is 59.4 Å². The van der Waals surface area contributed by atoms with Crippen molar-refractivity contribution < 1.29 is 4.74 Å². The first kappa shape index (κ1) is 19.1. The SMILES string of the molecule is COc1ccc(-c2cc(=O)[nH]c(Nc3ccc(N4CCC(C)CC4)cc3)n2)cc1. The van der Waals surface area contributed by atoms with Gasteiger partial charge in [-0.3, -0.25) is 9.78 Å². The van der Waals surface area contributed by atoms with Crippen LogP contribution < -0.4 is 20.5 Å². The zero-order valence-corrected chi connectivity index (χ0v) is 16.8. The van der Waals surface area contributed by atoms with E-state index >= 15 is 0 Å². The number of ether oxygens (including phenoxy) is 1. The molecule has 3 aromatic rings. The fourth-order valence-electron chi connectivity index (χ4n) is 3.59. The number of rotatable bonds is 5. The molecule has 0 bridgehead atoms. The number of hydrogen-bond acceptors (Lipinski definition) is 5. The maximum absolute atomic E-state index is 12.1. The number of methoxy groups -OCH3 is 1. The topological polar surface area (TPSA) is 70.2 Å². The third-order valence-corrected chi connectivity index (χ3v) is 5.41. The highest BCUT2D eigenvalue weighted by molar-refractivity contribution is 5.64. The third-order valence-electron chi connectivity index (χ3n) is 5.41. The summed E-state index contributed by atoms with van der Waals surface area (Å²) in [6, 6.07) is 17.2. The fraction of sp³-hybridized carbons (Fsp3) is 0.304. The Morgan fingerprint density at radius 2 is 1.76 bits per heavy atom. The number of benzene rings is 2. The quantitative estimate of drug-likeness (QED) is 0.675.